The molecule has 0 aliphatic carbocycles. The van der Waals surface area contributed by atoms with Crippen molar-refractivity contribution in [3.63, 3.8) is 0 Å². The van der Waals surface area contributed by atoms with E-state index in [4.69, 9.17) is 16.2 Å². The van der Waals surface area contributed by atoms with Gasteiger partial charge in [-0.15, -0.1) is 0 Å². The predicted octanol–water partition coefficient (Wildman–Crippen LogP) is 24.6. The maximum absolute atomic E-state index is 11.2. The first-order valence-corrected chi connectivity index (χ1v) is 34.2. The first kappa shape index (κ1) is 88.8. The molecule has 0 fully saturated rings. The van der Waals surface area contributed by atoms with Gasteiger partial charge in [0.05, 0.1) is 0 Å². The Balaban J connectivity index is -0.000000198. The second kappa shape index (κ2) is 61.2. The molecule has 0 atom stereocenters. The van der Waals surface area contributed by atoms with Crippen LogP contribution in [0.2, 0.25) is 0 Å². The van der Waals surface area contributed by atoms with Gasteiger partial charge in [-0.3, -0.25) is 4.79 Å². The highest BCUT2D eigenvalue weighted by atomic mass is 16.5. The van der Waals surface area contributed by atoms with Gasteiger partial charge in [-0.05, 0) is 151 Å². The van der Waals surface area contributed by atoms with Crippen LogP contribution >= 0.6 is 0 Å². The van der Waals surface area contributed by atoms with E-state index in [-0.39, 0.29) is 0 Å². The van der Waals surface area contributed by atoms with Crippen LogP contribution in [-0.4, -0.2) is 25.0 Å². The largest absolute Gasteiger partial charge is 0.399 e. The molecule has 1 aromatic rings. The first-order valence-electron chi connectivity index (χ1n) is 34.2. The van der Waals surface area contributed by atoms with Gasteiger partial charge in [0.25, 0.3) is 0 Å². The van der Waals surface area contributed by atoms with Gasteiger partial charge in [-0.2, -0.15) is 0 Å². The SMILES string of the molecule is CC(C)CC(N)CC(C)C.CC(C)CCCC(=O)CC(C)C.CC(C)CCCC(C)C.CC(C)CCCCCC(C)C.CC(C)CCCCCC(C)C.CC(C)CCOCCC(C)C.CC(C)Cc1cc(N)cc(CC(C)C)c1. The molecule has 0 aromatic heterocycles. The number of carbonyl (C=O) groups excluding carboxylic acids is 1. The third-order valence-electron chi connectivity index (χ3n) is 13.2. The standard InChI is InChI=1S/C14H23N.C11H22O.2C11H24.C10H22O.C9H21N.C9H20/c1-10(2)5-12-7-13(6-11(3)4)9-14(15)8-12;1-9(2)6-5-7-11(12)8-10(3)4;2*1-10(2)8-6-5-7-9-11(3)4;1-9(2)5-7-11-8-6-10(3)4;1-7(2)5-9(10)6-8(3)4;1-8(2)6-5-7-9(3)4/h7-11H,5-6,15H2,1-4H3;9-10H,5-8H2,1-4H3;2*10-11H,5-9H2,1-4H3;9-10H,5-8H2,1-4H3;7-9H,5-6,10H2,1-4H3;8-9H,5-7H2,1-4H3. The summed E-state index contributed by atoms with van der Waals surface area (Å²) >= 11 is 0. The van der Waals surface area contributed by atoms with Crippen molar-refractivity contribution in [1.29, 1.82) is 0 Å². The van der Waals surface area contributed by atoms with Crippen LogP contribution in [0.3, 0.4) is 0 Å². The number of ether oxygens (including phenoxy) is 1. The third kappa shape index (κ3) is 96.1. The van der Waals surface area contributed by atoms with Gasteiger partial charge in [0, 0.05) is 37.8 Å². The Morgan fingerprint density at radius 3 is 0.873 bits per heavy atom. The van der Waals surface area contributed by atoms with E-state index in [0.29, 0.717) is 29.6 Å². The number of hydrogen-bond acceptors (Lipinski definition) is 4. The molecule has 0 aliphatic heterocycles. The minimum atomic E-state index is 0.417. The molecular formula is C75H156N2O2. The fourth-order valence-electron chi connectivity index (χ4n) is 8.78. The monoisotopic (exact) mass is 1120 g/mol. The van der Waals surface area contributed by atoms with E-state index in [2.05, 4.69) is 212 Å². The second-order valence-electron chi connectivity index (χ2n) is 30.3. The molecule has 0 aliphatic rings. The van der Waals surface area contributed by atoms with Gasteiger partial charge in [-0.1, -0.05) is 290 Å². The summed E-state index contributed by atoms with van der Waals surface area (Å²) in [4.78, 5) is 11.2. The van der Waals surface area contributed by atoms with Crippen LogP contribution in [0.5, 0.6) is 0 Å². The highest BCUT2D eigenvalue weighted by molar-refractivity contribution is 5.78. The lowest BCUT2D eigenvalue weighted by molar-refractivity contribution is -0.119. The number of Topliss-reactive ketones (excluding diaryl/α,β-unsaturated/α-hetero) is 1. The lowest BCUT2D eigenvalue weighted by Crippen LogP contribution is -2.23. The molecule has 0 radical (unpaired) electrons. The molecule has 0 amide bonds. The molecule has 0 spiro atoms. The zero-order valence-corrected chi connectivity index (χ0v) is 60.0. The molecule has 1 aromatic carbocycles. The van der Waals surface area contributed by atoms with Gasteiger partial charge < -0.3 is 16.2 Å². The molecule has 0 saturated carbocycles. The zero-order valence-electron chi connectivity index (χ0n) is 60.0. The number of hydrogen-bond donors (Lipinski definition) is 2. The van der Waals surface area contributed by atoms with Gasteiger partial charge in [0.1, 0.15) is 5.78 Å². The molecule has 1 rings (SSSR count). The molecule has 0 bridgehead atoms. The molecule has 4 heteroatoms. The average molecular weight is 1120 g/mol. The van der Waals surface area contributed by atoms with Crippen LogP contribution in [0, 0.1) is 82.9 Å². The van der Waals surface area contributed by atoms with Crippen molar-refractivity contribution in [3.05, 3.63) is 29.3 Å². The Labute approximate surface area is 503 Å². The van der Waals surface area contributed by atoms with Crippen LogP contribution in [0.25, 0.3) is 0 Å². The van der Waals surface area contributed by atoms with Crippen molar-refractivity contribution in [2.45, 2.75) is 348 Å². The third-order valence-corrected chi connectivity index (χ3v) is 13.2. The van der Waals surface area contributed by atoms with E-state index in [9.17, 15) is 4.79 Å². The fourth-order valence-corrected chi connectivity index (χ4v) is 8.78. The summed E-state index contributed by atoms with van der Waals surface area (Å²) in [7, 11) is 0. The Morgan fingerprint density at radius 1 is 0.342 bits per heavy atom. The quantitative estimate of drug-likeness (QED) is 0.0518. The average Bonchev–Trinajstić information content (AvgIpc) is 3.25. The van der Waals surface area contributed by atoms with Crippen LogP contribution in [0.15, 0.2) is 18.2 Å². The number of rotatable bonds is 36. The molecule has 0 unspecified atom stereocenters. The first-order chi connectivity index (χ1) is 36.5. The molecule has 0 saturated heterocycles. The van der Waals surface area contributed by atoms with E-state index < -0.39 is 0 Å². The van der Waals surface area contributed by atoms with Crippen LogP contribution in [-0.2, 0) is 22.4 Å². The zero-order chi connectivity index (χ0) is 62.5. The summed E-state index contributed by atoms with van der Waals surface area (Å²) in [5.74, 6) is 11.5. The molecule has 4 N–H and O–H groups in total. The summed E-state index contributed by atoms with van der Waals surface area (Å²) in [6.45, 7) is 64.9. The number of carbonyl (C=O) groups is 1. The Hall–Kier alpha value is -1.39. The summed E-state index contributed by atoms with van der Waals surface area (Å²) < 4.78 is 5.46. The predicted molar refractivity (Wildman–Crippen MR) is 367 cm³/mol. The molecule has 478 valence electrons. The Morgan fingerprint density at radius 2 is 0.620 bits per heavy atom. The van der Waals surface area contributed by atoms with Gasteiger partial charge in [0.15, 0.2) is 0 Å². The summed E-state index contributed by atoms with van der Waals surface area (Å²) in [6.07, 6.45) is 29.3. The van der Waals surface area contributed by atoms with Crippen molar-refractivity contribution in [3.8, 4) is 0 Å². The molecular weight excluding hydrogens is 961 g/mol. The smallest absolute Gasteiger partial charge is 0.133 e. The number of nitrogens with two attached hydrogens (primary N) is 2. The number of ketones is 1. The lowest BCUT2D eigenvalue weighted by atomic mass is 9.96. The lowest BCUT2D eigenvalue weighted by Gasteiger charge is -2.15. The van der Waals surface area contributed by atoms with E-state index in [1.54, 1.807) is 0 Å². The van der Waals surface area contributed by atoms with E-state index in [0.717, 1.165) is 129 Å². The topological polar surface area (TPSA) is 78.3 Å². The number of unbranched alkanes of at least 4 members (excludes halogenated alkanes) is 4. The van der Waals surface area contributed by atoms with Gasteiger partial charge in [0.2, 0.25) is 0 Å². The van der Waals surface area contributed by atoms with E-state index in [1.807, 2.05) is 0 Å². The molecule has 79 heavy (non-hydrogen) atoms. The van der Waals surface area contributed by atoms with E-state index >= 15 is 0 Å². The highest BCUT2D eigenvalue weighted by Gasteiger charge is 2.08. The maximum atomic E-state index is 11.2. The molecule has 0 heterocycles. The minimum Gasteiger partial charge on any atom is -0.399 e. The van der Waals surface area contributed by atoms with Crippen LogP contribution < -0.4 is 11.5 Å². The minimum absolute atomic E-state index is 0.417. The fraction of sp³-hybridized carbons (Fsp3) is 0.907. The van der Waals surface area contributed by atoms with Gasteiger partial charge in [-0.25, -0.2) is 0 Å². The Bertz CT molecular complexity index is 1210. The number of benzene rings is 1. The summed E-state index contributed by atoms with van der Waals surface area (Å²) in [5.41, 5.74) is 15.4. The number of anilines is 1. The maximum Gasteiger partial charge on any atom is 0.133 e. The van der Waals surface area contributed by atoms with Crippen molar-refractivity contribution in [2.24, 2.45) is 88.6 Å². The summed E-state index contributed by atoms with van der Waals surface area (Å²) in [6, 6.07) is 6.92. The number of nitrogen functional groups attached to an aromatic ring is 1. The van der Waals surface area contributed by atoms with Crippen molar-refractivity contribution in [2.75, 3.05) is 18.9 Å². The van der Waals surface area contributed by atoms with Crippen molar-refractivity contribution < 1.29 is 9.53 Å². The molecule has 4 nitrogen and oxygen atoms in total. The van der Waals surface area contributed by atoms with Crippen molar-refractivity contribution >= 4 is 11.5 Å². The highest BCUT2D eigenvalue weighted by Crippen LogP contribution is 2.19. The normalized spacial score (nSPS) is 11.4. The van der Waals surface area contributed by atoms with Gasteiger partial charge >= 0.3 is 0 Å². The van der Waals surface area contributed by atoms with E-state index in [1.165, 1.54) is 114 Å². The van der Waals surface area contributed by atoms with Crippen LogP contribution in [0.4, 0.5) is 5.69 Å². The second-order valence-corrected chi connectivity index (χ2v) is 30.3. The van der Waals surface area contributed by atoms with Crippen molar-refractivity contribution in [1.82, 2.24) is 0 Å². The van der Waals surface area contributed by atoms with Crippen LogP contribution in [0.1, 0.15) is 340 Å². The Kier molecular flexibility index (Phi) is 68.8. The summed E-state index contributed by atoms with van der Waals surface area (Å²) in [5, 5.41) is 0.